The van der Waals surface area contributed by atoms with Crippen LogP contribution in [0.3, 0.4) is 0 Å². The quantitative estimate of drug-likeness (QED) is 0.856. The van der Waals surface area contributed by atoms with Crippen molar-refractivity contribution in [2.75, 3.05) is 18.0 Å². The second-order valence-corrected chi connectivity index (χ2v) is 5.06. The summed E-state index contributed by atoms with van der Waals surface area (Å²) >= 11 is 5.88. The minimum Gasteiger partial charge on any atom is -0.478 e. The van der Waals surface area contributed by atoms with Gasteiger partial charge in [-0.1, -0.05) is 24.9 Å². The second-order valence-electron chi connectivity index (χ2n) is 4.67. The summed E-state index contributed by atoms with van der Waals surface area (Å²) < 4.78 is 0. The number of hydrogen-bond acceptors (Lipinski definition) is 3. The Morgan fingerprint density at radius 1 is 1.61 bits per heavy atom. The predicted molar refractivity (Wildman–Crippen MR) is 71.4 cm³/mol. The maximum absolute atomic E-state index is 11.2. The molecule has 1 atom stereocenters. The summed E-state index contributed by atoms with van der Waals surface area (Å²) in [6.07, 6.45) is 3.39. The first-order chi connectivity index (χ1) is 8.61. The van der Waals surface area contributed by atoms with Crippen LogP contribution < -0.4 is 4.90 Å². The van der Waals surface area contributed by atoms with Crippen molar-refractivity contribution in [3.63, 3.8) is 0 Å². The van der Waals surface area contributed by atoms with Crippen LogP contribution in [0.4, 0.5) is 5.82 Å². The Morgan fingerprint density at radius 2 is 2.39 bits per heavy atom. The topological polar surface area (TPSA) is 53.4 Å². The highest BCUT2D eigenvalue weighted by Gasteiger charge is 2.24. The minimum absolute atomic E-state index is 0.233. The monoisotopic (exact) mass is 268 g/mol. The second kappa shape index (κ2) is 5.57. The van der Waals surface area contributed by atoms with Gasteiger partial charge in [0.2, 0.25) is 0 Å². The number of anilines is 1. The van der Waals surface area contributed by atoms with Gasteiger partial charge in [0.1, 0.15) is 16.5 Å². The third-order valence-electron chi connectivity index (χ3n) is 3.47. The number of halogens is 1. The highest BCUT2D eigenvalue weighted by Crippen LogP contribution is 2.27. The Bertz CT molecular complexity index is 451. The number of hydrogen-bond donors (Lipinski definition) is 1. The first kappa shape index (κ1) is 13.1. The summed E-state index contributed by atoms with van der Waals surface area (Å²) in [4.78, 5) is 17.5. The van der Waals surface area contributed by atoms with Gasteiger partial charge in [-0.15, -0.1) is 0 Å². The lowest BCUT2D eigenvalue weighted by atomic mass is 9.95. The van der Waals surface area contributed by atoms with Gasteiger partial charge in [0.05, 0.1) is 0 Å². The molecular weight excluding hydrogens is 252 g/mol. The average molecular weight is 269 g/mol. The van der Waals surface area contributed by atoms with Crippen LogP contribution in [0, 0.1) is 5.92 Å². The van der Waals surface area contributed by atoms with Crippen LogP contribution in [0.25, 0.3) is 0 Å². The van der Waals surface area contributed by atoms with E-state index in [2.05, 4.69) is 11.9 Å². The van der Waals surface area contributed by atoms with E-state index in [-0.39, 0.29) is 5.56 Å². The number of nitrogens with zero attached hydrogens (tertiary/aromatic N) is 2. The van der Waals surface area contributed by atoms with E-state index < -0.39 is 5.97 Å². The molecule has 0 amide bonds. The highest BCUT2D eigenvalue weighted by molar-refractivity contribution is 6.29. The molecule has 0 aromatic carbocycles. The molecule has 1 aromatic rings. The maximum Gasteiger partial charge on any atom is 0.339 e. The molecule has 1 aliphatic rings. The van der Waals surface area contributed by atoms with Gasteiger partial charge >= 0.3 is 5.97 Å². The SMILES string of the molecule is CCC1CCCN(c2nc(Cl)ccc2C(=O)O)C1. The number of rotatable bonds is 3. The molecule has 0 saturated carbocycles. The van der Waals surface area contributed by atoms with E-state index >= 15 is 0 Å². The van der Waals surface area contributed by atoms with E-state index in [1.54, 1.807) is 0 Å². The standard InChI is InChI=1S/C13H17ClN2O2/c1-2-9-4-3-7-16(8-9)12-10(13(17)18)5-6-11(14)15-12/h5-6,9H,2-4,7-8H2,1H3,(H,17,18). The fraction of sp³-hybridized carbons (Fsp3) is 0.538. The molecule has 1 aromatic heterocycles. The third-order valence-corrected chi connectivity index (χ3v) is 3.68. The fourth-order valence-electron chi connectivity index (χ4n) is 2.42. The third kappa shape index (κ3) is 2.75. The minimum atomic E-state index is -0.951. The molecule has 1 fully saturated rings. The van der Waals surface area contributed by atoms with Crippen LogP contribution in [-0.2, 0) is 0 Å². The molecule has 1 aliphatic heterocycles. The molecule has 2 heterocycles. The summed E-state index contributed by atoms with van der Waals surface area (Å²) in [5, 5.41) is 9.54. The van der Waals surface area contributed by atoms with Crippen LogP contribution in [0.2, 0.25) is 5.15 Å². The van der Waals surface area contributed by atoms with E-state index in [4.69, 9.17) is 11.6 Å². The molecule has 1 unspecified atom stereocenters. The molecule has 2 rings (SSSR count). The van der Waals surface area contributed by atoms with Gasteiger partial charge in [0, 0.05) is 13.1 Å². The zero-order valence-corrected chi connectivity index (χ0v) is 11.2. The first-order valence-corrected chi connectivity index (χ1v) is 6.64. The van der Waals surface area contributed by atoms with Crippen molar-refractivity contribution >= 4 is 23.4 Å². The predicted octanol–water partition coefficient (Wildman–Crippen LogP) is 3.06. The summed E-state index contributed by atoms with van der Waals surface area (Å²) in [7, 11) is 0. The zero-order valence-electron chi connectivity index (χ0n) is 10.4. The van der Waals surface area contributed by atoms with Gasteiger partial charge in [0.25, 0.3) is 0 Å². The fourth-order valence-corrected chi connectivity index (χ4v) is 2.57. The normalized spacial score (nSPS) is 19.9. The van der Waals surface area contributed by atoms with Crippen LogP contribution in [0.1, 0.15) is 36.5 Å². The highest BCUT2D eigenvalue weighted by atomic mass is 35.5. The molecule has 18 heavy (non-hydrogen) atoms. The van der Waals surface area contributed by atoms with Crippen molar-refractivity contribution in [2.45, 2.75) is 26.2 Å². The lowest BCUT2D eigenvalue weighted by molar-refractivity contribution is 0.0697. The van der Waals surface area contributed by atoms with Crippen molar-refractivity contribution in [3.05, 3.63) is 22.8 Å². The lowest BCUT2D eigenvalue weighted by Crippen LogP contribution is -2.36. The lowest BCUT2D eigenvalue weighted by Gasteiger charge is -2.33. The Labute approximate surface area is 112 Å². The van der Waals surface area contributed by atoms with Gasteiger partial charge in [0.15, 0.2) is 0 Å². The number of aromatic carboxylic acids is 1. The van der Waals surface area contributed by atoms with Crippen molar-refractivity contribution in [2.24, 2.45) is 5.92 Å². The number of piperidine rings is 1. The van der Waals surface area contributed by atoms with Gasteiger partial charge < -0.3 is 10.0 Å². The summed E-state index contributed by atoms with van der Waals surface area (Å²) in [6.45, 7) is 3.88. The Morgan fingerprint density at radius 3 is 3.06 bits per heavy atom. The first-order valence-electron chi connectivity index (χ1n) is 6.26. The number of pyridine rings is 1. The Hall–Kier alpha value is -1.29. The van der Waals surface area contributed by atoms with Crippen LogP contribution >= 0.6 is 11.6 Å². The van der Waals surface area contributed by atoms with Crippen LogP contribution in [0.5, 0.6) is 0 Å². The molecule has 5 heteroatoms. The molecule has 0 bridgehead atoms. The van der Waals surface area contributed by atoms with Crippen molar-refractivity contribution in [1.29, 1.82) is 0 Å². The Balaban J connectivity index is 2.31. The Kier molecular flexibility index (Phi) is 4.07. The molecule has 0 spiro atoms. The smallest absolute Gasteiger partial charge is 0.339 e. The summed E-state index contributed by atoms with van der Waals surface area (Å²) in [6, 6.07) is 3.05. The molecular formula is C13H17ClN2O2. The van der Waals surface area contributed by atoms with E-state index in [1.165, 1.54) is 18.6 Å². The van der Waals surface area contributed by atoms with Crippen LogP contribution in [-0.4, -0.2) is 29.1 Å². The van der Waals surface area contributed by atoms with E-state index in [9.17, 15) is 9.90 Å². The van der Waals surface area contributed by atoms with E-state index in [1.807, 2.05) is 4.90 Å². The van der Waals surface area contributed by atoms with Crippen LogP contribution in [0.15, 0.2) is 12.1 Å². The number of carboxylic acid groups (broad SMARTS) is 1. The zero-order chi connectivity index (χ0) is 13.1. The van der Waals surface area contributed by atoms with Gasteiger partial charge in [-0.3, -0.25) is 0 Å². The molecule has 1 N–H and O–H groups in total. The number of aromatic nitrogens is 1. The van der Waals surface area contributed by atoms with E-state index in [0.29, 0.717) is 16.9 Å². The average Bonchev–Trinajstić information content (AvgIpc) is 2.38. The number of carboxylic acids is 1. The largest absolute Gasteiger partial charge is 0.478 e. The molecule has 1 saturated heterocycles. The van der Waals surface area contributed by atoms with Crippen molar-refractivity contribution in [1.82, 2.24) is 4.98 Å². The number of carbonyl (C=O) groups is 1. The van der Waals surface area contributed by atoms with Crippen molar-refractivity contribution in [3.8, 4) is 0 Å². The van der Waals surface area contributed by atoms with Gasteiger partial charge in [-0.25, -0.2) is 9.78 Å². The van der Waals surface area contributed by atoms with Crippen molar-refractivity contribution < 1.29 is 9.90 Å². The molecule has 4 nitrogen and oxygen atoms in total. The van der Waals surface area contributed by atoms with Gasteiger partial charge in [-0.2, -0.15) is 0 Å². The molecule has 98 valence electrons. The summed E-state index contributed by atoms with van der Waals surface area (Å²) in [5.74, 6) is 0.169. The van der Waals surface area contributed by atoms with E-state index in [0.717, 1.165) is 25.9 Å². The summed E-state index contributed by atoms with van der Waals surface area (Å²) in [5.41, 5.74) is 0.233. The molecule has 0 radical (unpaired) electrons. The maximum atomic E-state index is 11.2. The van der Waals surface area contributed by atoms with Gasteiger partial charge in [-0.05, 0) is 30.9 Å². The molecule has 0 aliphatic carbocycles.